The van der Waals surface area contributed by atoms with Crippen LogP contribution in [0.15, 0.2) is 24.3 Å². The lowest BCUT2D eigenvalue weighted by Crippen LogP contribution is -2.33. The number of carbonyl (C=O) groups excluding carboxylic acids is 1. The van der Waals surface area contributed by atoms with E-state index in [4.69, 9.17) is 0 Å². The van der Waals surface area contributed by atoms with Gasteiger partial charge in [-0.3, -0.25) is 4.79 Å². The summed E-state index contributed by atoms with van der Waals surface area (Å²) >= 11 is 0. The standard InChI is InChI=1S/C12H15F2NO/c1-3-10(15-2)11(16)8-4-6-9(7-5-8)12(13)14/h4-7,10,12,15H,3H2,1-2H3. The number of benzene rings is 1. The average Bonchev–Trinajstić information content (AvgIpc) is 2.30. The topological polar surface area (TPSA) is 29.1 Å². The van der Waals surface area contributed by atoms with Gasteiger partial charge >= 0.3 is 0 Å². The molecule has 0 aliphatic carbocycles. The van der Waals surface area contributed by atoms with Gasteiger partial charge in [0.1, 0.15) is 0 Å². The molecule has 4 heteroatoms. The van der Waals surface area contributed by atoms with Crippen molar-refractivity contribution in [3.05, 3.63) is 35.4 Å². The van der Waals surface area contributed by atoms with Gasteiger partial charge in [0, 0.05) is 11.1 Å². The summed E-state index contributed by atoms with van der Waals surface area (Å²) in [6, 6.07) is 5.23. The number of hydrogen-bond donors (Lipinski definition) is 1. The summed E-state index contributed by atoms with van der Waals surface area (Å²) in [6.07, 6.45) is -1.82. The van der Waals surface area contributed by atoms with E-state index in [1.807, 2.05) is 6.92 Å². The number of likely N-dealkylation sites (N-methyl/N-ethyl adjacent to an activating group) is 1. The minimum Gasteiger partial charge on any atom is -0.310 e. The first-order chi connectivity index (χ1) is 7.60. The highest BCUT2D eigenvalue weighted by Crippen LogP contribution is 2.19. The number of ketones is 1. The predicted octanol–water partition coefficient (Wildman–Crippen LogP) is 2.80. The first-order valence-corrected chi connectivity index (χ1v) is 5.19. The van der Waals surface area contributed by atoms with Crippen LogP contribution in [0.25, 0.3) is 0 Å². The zero-order valence-electron chi connectivity index (χ0n) is 9.34. The van der Waals surface area contributed by atoms with Crippen LogP contribution < -0.4 is 5.32 Å². The van der Waals surface area contributed by atoms with Crippen LogP contribution in [0.4, 0.5) is 8.78 Å². The molecule has 0 radical (unpaired) electrons. The number of hydrogen-bond acceptors (Lipinski definition) is 2. The monoisotopic (exact) mass is 227 g/mol. The molecule has 0 aromatic heterocycles. The SMILES string of the molecule is CCC(NC)C(=O)c1ccc(C(F)F)cc1. The van der Waals surface area contributed by atoms with Crippen molar-refractivity contribution in [3.63, 3.8) is 0 Å². The molecule has 0 bridgehead atoms. The Hall–Kier alpha value is -1.29. The average molecular weight is 227 g/mol. The highest BCUT2D eigenvalue weighted by molar-refractivity contribution is 6.00. The minimum atomic E-state index is -2.49. The van der Waals surface area contributed by atoms with Gasteiger partial charge in [0.15, 0.2) is 5.78 Å². The van der Waals surface area contributed by atoms with Crippen LogP contribution in [0.5, 0.6) is 0 Å². The van der Waals surface area contributed by atoms with Crippen LogP contribution in [-0.4, -0.2) is 18.9 Å². The van der Waals surface area contributed by atoms with E-state index in [1.165, 1.54) is 24.3 Å². The highest BCUT2D eigenvalue weighted by Gasteiger charge is 2.16. The van der Waals surface area contributed by atoms with Crippen LogP contribution in [0.3, 0.4) is 0 Å². The Morgan fingerprint density at radius 2 is 1.88 bits per heavy atom. The van der Waals surface area contributed by atoms with Crippen molar-refractivity contribution >= 4 is 5.78 Å². The van der Waals surface area contributed by atoms with Gasteiger partial charge in [-0.1, -0.05) is 31.2 Å². The van der Waals surface area contributed by atoms with Gasteiger partial charge in [-0.2, -0.15) is 0 Å². The third-order valence-electron chi connectivity index (χ3n) is 2.52. The van der Waals surface area contributed by atoms with Crippen molar-refractivity contribution in [3.8, 4) is 0 Å². The van der Waals surface area contributed by atoms with E-state index in [0.717, 1.165) is 0 Å². The predicted molar refractivity (Wildman–Crippen MR) is 58.9 cm³/mol. The number of Topliss-reactive ketones (excluding diaryl/α,β-unsaturated/α-hetero) is 1. The van der Waals surface area contributed by atoms with E-state index in [1.54, 1.807) is 7.05 Å². The summed E-state index contributed by atoms with van der Waals surface area (Å²) in [6.45, 7) is 1.90. The van der Waals surface area contributed by atoms with E-state index in [-0.39, 0.29) is 17.4 Å². The molecule has 0 aliphatic rings. The van der Waals surface area contributed by atoms with Gasteiger partial charge < -0.3 is 5.32 Å². The summed E-state index contributed by atoms with van der Waals surface area (Å²) in [5, 5.41) is 2.89. The molecule has 0 aliphatic heterocycles. The minimum absolute atomic E-state index is 0.0611. The molecule has 1 unspecified atom stereocenters. The maximum atomic E-state index is 12.3. The van der Waals surface area contributed by atoms with Gasteiger partial charge in [-0.25, -0.2) is 8.78 Å². The maximum absolute atomic E-state index is 12.3. The number of halogens is 2. The van der Waals surface area contributed by atoms with E-state index in [2.05, 4.69) is 5.32 Å². The Bertz CT molecular complexity index is 345. The fourth-order valence-electron chi connectivity index (χ4n) is 1.51. The highest BCUT2D eigenvalue weighted by atomic mass is 19.3. The number of alkyl halides is 2. The van der Waals surface area contributed by atoms with Crippen molar-refractivity contribution in [2.45, 2.75) is 25.8 Å². The van der Waals surface area contributed by atoms with Crippen molar-refractivity contribution in [1.29, 1.82) is 0 Å². The fourth-order valence-corrected chi connectivity index (χ4v) is 1.51. The molecular formula is C12H15F2NO. The lowest BCUT2D eigenvalue weighted by atomic mass is 10.0. The Balaban J connectivity index is 2.85. The summed E-state index contributed by atoms with van der Waals surface area (Å²) in [5.74, 6) is -0.0641. The van der Waals surface area contributed by atoms with Gasteiger partial charge in [0.25, 0.3) is 6.43 Å². The molecule has 0 saturated carbocycles. The van der Waals surface area contributed by atoms with Crippen LogP contribution in [-0.2, 0) is 0 Å². The van der Waals surface area contributed by atoms with E-state index >= 15 is 0 Å². The summed E-state index contributed by atoms with van der Waals surface area (Å²) in [7, 11) is 1.71. The number of nitrogens with one attached hydrogen (secondary N) is 1. The molecule has 16 heavy (non-hydrogen) atoms. The molecule has 0 spiro atoms. The van der Waals surface area contributed by atoms with Crippen LogP contribution in [0.2, 0.25) is 0 Å². The molecule has 0 amide bonds. The first-order valence-electron chi connectivity index (χ1n) is 5.19. The second-order valence-electron chi connectivity index (χ2n) is 3.54. The molecule has 88 valence electrons. The maximum Gasteiger partial charge on any atom is 0.263 e. The van der Waals surface area contributed by atoms with Gasteiger partial charge in [-0.05, 0) is 13.5 Å². The van der Waals surface area contributed by atoms with Gasteiger partial charge in [-0.15, -0.1) is 0 Å². The Morgan fingerprint density at radius 3 is 2.25 bits per heavy atom. The normalized spacial score (nSPS) is 12.8. The van der Waals surface area contributed by atoms with E-state index in [0.29, 0.717) is 12.0 Å². The van der Waals surface area contributed by atoms with Crippen LogP contribution >= 0.6 is 0 Å². The zero-order valence-corrected chi connectivity index (χ0v) is 9.34. The van der Waals surface area contributed by atoms with E-state index < -0.39 is 6.43 Å². The molecule has 0 fully saturated rings. The molecule has 1 aromatic carbocycles. The number of rotatable bonds is 5. The molecule has 1 rings (SSSR count). The smallest absolute Gasteiger partial charge is 0.263 e. The molecule has 2 nitrogen and oxygen atoms in total. The molecule has 1 atom stereocenters. The van der Waals surface area contributed by atoms with Crippen molar-refractivity contribution < 1.29 is 13.6 Å². The second kappa shape index (κ2) is 5.70. The fraction of sp³-hybridized carbons (Fsp3) is 0.417. The molecule has 1 N–H and O–H groups in total. The lowest BCUT2D eigenvalue weighted by molar-refractivity contribution is 0.0944. The Morgan fingerprint density at radius 1 is 1.31 bits per heavy atom. The van der Waals surface area contributed by atoms with Crippen molar-refractivity contribution in [2.75, 3.05) is 7.05 Å². The number of carbonyl (C=O) groups is 1. The molecular weight excluding hydrogens is 212 g/mol. The Kier molecular flexibility index (Phi) is 4.55. The summed E-state index contributed by atoms with van der Waals surface area (Å²) in [4.78, 5) is 11.8. The lowest BCUT2D eigenvalue weighted by Gasteiger charge is -2.12. The Labute approximate surface area is 93.7 Å². The van der Waals surface area contributed by atoms with E-state index in [9.17, 15) is 13.6 Å². The largest absolute Gasteiger partial charge is 0.310 e. The van der Waals surface area contributed by atoms with Crippen LogP contribution in [0, 0.1) is 0 Å². The second-order valence-corrected chi connectivity index (χ2v) is 3.54. The zero-order chi connectivity index (χ0) is 12.1. The first kappa shape index (κ1) is 12.8. The summed E-state index contributed by atoms with van der Waals surface area (Å²) in [5.41, 5.74) is 0.402. The van der Waals surface area contributed by atoms with Gasteiger partial charge in [0.2, 0.25) is 0 Å². The molecule has 0 heterocycles. The van der Waals surface area contributed by atoms with Crippen molar-refractivity contribution in [2.24, 2.45) is 0 Å². The third-order valence-corrected chi connectivity index (χ3v) is 2.52. The summed E-state index contributed by atoms with van der Waals surface area (Å²) < 4.78 is 24.6. The van der Waals surface area contributed by atoms with Crippen molar-refractivity contribution in [1.82, 2.24) is 5.32 Å². The van der Waals surface area contributed by atoms with Gasteiger partial charge in [0.05, 0.1) is 6.04 Å². The quantitative estimate of drug-likeness (QED) is 0.784. The third kappa shape index (κ3) is 2.85. The molecule has 0 saturated heterocycles. The van der Waals surface area contributed by atoms with Crippen LogP contribution in [0.1, 0.15) is 35.7 Å². The molecule has 1 aromatic rings.